The van der Waals surface area contributed by atoms with E-state index in [1.807, 2.05) is 6.92 Å². The van der Waals surface area contributed by atoms with Gasteiger partial charge in [-0.1, -0.05) is 6.42 Å². The molecular weight excluding hydrogens is 224 g/mol. The molecule has 1 saturated heterocycles. The monoisotopic (exact) mass is 242 g/mol. The summed E-state index contributed by atoms with van der Waals surface area (Å²) in [6.07, 6.45) is 4.19. The molecule has 0 radical (unpaired) electrons. The highest BCUT2D eigenvalue weighted by atomic mass is 35.5. The van der Waals surface area contributed by atoms with Crippen LogP contribution < -0.4 is 5.73 Å². The van der Waals surface area contributed by atoms with Gasteiger partial charge in [0.2, 0.25) is 10.0 Å². The minimum absolute atomic E-state index is 0. The van der Waals surface area contributed by atoms with Crippen LogP contribution in [0.15, 0.2) is 0 Å². The molecule has 86 valence electrons. The van der Waals surface area contributed by atoms with Crippen LogP contribution in [0.5, 0.6) is 0 Å². The number of nitrogens with two attached hydrogens (primary N) is 1. The van der Waals surface area contributed by atoms with Crippen molar-refractivity contribution < 1.29 is 8.42 Å². The average molecular weight is 243 g/mol. The highest BCUT2D eigenvalue weighted by molar-refractivity contribution is 7.88. The Kier molecular flexibility index (Phi) is 5.36. The van der Waals surface area contributed by atoms with Crippen molar-refractivity contribution in [3.63, 3.8) is 0 Å². The van der Waals surface area contributed by atoms with Gasteiger partial charge in [-0.2, -0.15) is 4.31 Å². The van der Waals surface area contributed by atoms with Gasteiger partial charge < -0.3 is 5.73 Å². The summed E-state index contributed by atoms with van der Waals surface area (Å²) in [5.41, 5.74) is 5.75. The van der Waals surface area contributed by atoms with E-state index in [0.717, 1.165) is 19.3 Å². The van der Waals surface area contributed by atoms with Crippen LogP contribution in [0, 0.1) is 0 Å². The molecule has 0 spiro atoms. The van der Waals surface area contributed by atoms with Gasteiger partial charge in [0.25, 0.3) is 0 Å². The van der Waals surface area contributed by atoms with Crippen LogP contribution in [0.25, 0.3) is 0 Å². The molecule has 1 aliphatic rings. The maximum absolute atomic E-state index is 11.4. The Morgan fingerprint density at radius 1 is 1.43 bits per heavy atom. The molecule has 2 unspecified atom stereocenters. The normalized spacial score (nSPS) is 26.6. The Labute approximate surface area is 92.3 Å². The summed E-state index contributed by atoms with van der Waals surface area (Å²) < 4.78 is 24.3. The first-order chi connectivity index (χ1) is 5.93. The molecule has 14 heavy (non-hydrogen) atoms. The maximum Gasteiger partial charge on any atom is 0.211 e. The van der Waals surface area contributed by atoms with E-state index in [9.17, 15) is 8.42 Å². The number of sulfonamides is 1. The van der Waals surface area contributed by atoms with Gasteiger partial charge >= 0.3 is 0 Å². The number of hydrogen-bond donors (Lipinski definition) is 1. The molecule has 2 atom stereocenters. The van der Waals surface area contributed by atoms with Gasteiger partial charge in [-0.15, -0.1) is 12.4 Å². The largest absolute Gasteiger partial charge is 0.326 e. The molecule has 0 saturated carbocycles. The van der Waals surface area contributed by atoms with Crippen LogP contribution in [0.4, 0.5) is 0 Å². The summed E-state index contributed by atoms with van der Waals surface area (Å²) >= 11 is 0. The molecule has 0 aliphatic carbocycles. The number of piperidine rings is 1. The van der Waals surface area contributed by atoms with Crippen LogP contribution in [0.3, 0.4) is 0 Å². The average Bonchev–Trinajstić information content (AvgIpc) is 2.03. The van der Waals surface area contributed by atoms with E-state index in [1.54, 1.807) is 4.31 Å². The predicted octanol–water partition coefficient (Wildman–Crippen LogP) is 0.569. The second-order valence-electron chi connectivity index (χ2n) is 3.80. The molecule has 4 nitrogen and oxygen atoms in total. The van der Waals surface area contributed by atoms with E-state index >= 15 is 0 Å². The van der Waals surface area contributed by atoms with Crippen LogP contribution in [-0.4, -0.2) is 37.6 Å². The molecule has 0 aromatic rings. The molecule has 0 aromatic heterocycles. The van der Waals surface area contributed by atoms with E-state index in [0.29, 0.717) is 6.54 Å². The molecule has 0 aromatic carbocycles. The lowest BCUT2D eigenvalue weighted by atomic mass is 10.00. The van der Waals surface area contributed by atoms with E-state index < -0.39 is 10.0 Å². The summed E-state index contributed by atoms with van der Waals surface area (Å²) in [5, 5.41) is 0. The van der Waals surface area contributed by atoms with Crippen molar-refractivity contribution in [2.75, 3.05) is 12.8 Å². The minimum Gasteiger partial charge on any atom is -0.326 e. The summed E-state index contributed by atoms with van der Waals surface area (Å²) in [5.74, 6) is 0. The Balaban J connectivity index is 0.00000169. The van der Waals surface area contributed by atoms with Gasteiger partial charge in [0.1, 0.15) is 0 Å². The predicted molar refractivity (Wildman–Crippen MR) is 60.1 cm³/mol. The quantitative estimate of drug-likeness (QED) is 0.770. The zero-order valence-corrected chi connectivity index (χ0v) is 10.3. The highest BCUT2D eigenvalue weighted by Gasteiger charge is 2.31. The number of hydrogen-bond acceptors (Lipinski definition) is 3. The molecule has 1 heterocycles. The van der Waals surface area contributed by atoms with Gasteiger partial charge in [-0.25, -0.2) is 8.42 Å². The van der Waals surface area contributed by atoms with Crippen LogP contribution in [-0.2, 0) is 10.0 Å². The van der Waals surface area contributed by atoms with Crippen molar-refractivity contribution >= 4 is 22.4 Å². The van der Waals surface area contributed by atoms with Crippen molar-refractivity contribution in [3.8, 4) is 0 Å². The zero-order chi connectivity index (χ0) is 10.1. The second kappa shape index (κ2) is 5.30. The van der Waals surface area contributed by atoms with E-state index in [-0.39, 0.29) is 24.5 Å². The zero-order valence-electron chi connectivity index (χ0n) is 8.64. The number of nitrogens with zero attached hydrogens (tertiary/aromatic N) is 1. The topological polar surface area (TPSA) is 63.4 Å². The van der Waals surface area contributed by atoms with Crippen LogP contribution in [0.2, 0.25) is 0 Å². The third-order valence-corrected chi connectivity index (χ3v) is 3.84. The van der Waals surface area contributed by atoms with E-state index in [4.69, 9.17) is 5.73 Å². The van der Waals surface area contributed by atoms with Gasteiger partial charge in [0.15, 0.2) is 0 Å². The van der Waals surface area contributed by atoms with Gasteiger partial charge in [-0.05, 0) is 19.8 Å². The van der Waals surface area contributed by atoms with E-state index in [2.05, 4.69) is 0 Å². The number of rotatable bonds is 2. The molecule has 1 fully saturated rings. The maximum atomic E-state index is 11.4. The molecule has 2 N–H and O–H groups in total. The summed E-state index contributed by atoms with van der Waals surface area (Å²) in [6.45, 7) is 2.50. The third-order valence-electron chi connectivity index (χ3n) is 2.53. The van der Waals surface area contributed by atoms with Crippen molar-refractivity contribution in [2.24, 2.45) is 5.73 Å². The first kappa shape index (κ1) is 14.2. The highest BCUT2D eigenvalue weighted by Crippen LogP contribution is 2.21. The van der Waals surface area contributed by atoms with Gasteiger partial charge in [0.05, 0.1) is 6.26 Å². The molecule has 1 aliphatic heterocycles. The third kappa shape index (κ3) is 3.38. The fourth-order valence-electron chi connectivity index (χ4n) is 1.87. The smallest absolute Gasteiger partial charge is 0.211 e. The molecule has 1 rings (SSSR count). The van der Waals surface area contributed by atoms with Crippen molar-refractivity contribution in [3.05, 3.63) is 0 Å². The fourth-order valence-corrected chi connectivity index (χ4v) is 3.12. The Hall–Kier alpha value is 0.160. The fraction of sp³-hybridized carbons (Fsp3) is 1.00. The van der Waals surface area contributed by atoms with Crippen LogP contribution >= 0.6 is 12.4 Å². The van der Waals surface area contributed by atoms with Gasteiger partial charge in [0, 0.05) is 18.6 Å². The van der Waals surface area contributed by atoms with Crippen molar-refractivity contribution in [2.45, 2.75) is 38.3 Å². The van der Waals surface area contributed by atoms with Crippen LogP contribution in [0.1, 0.15) is 26.2 Å². The Bertz CT molecular complexity index is 267. The molecular formula is C8H19ClN2O2S. The Morgan fingerprint density at radius 2 is 2.00 bits per heavy atom. The first-order valence-electron chi connectivity index (χ1n) is 4.65. The first-order valence-corrected chi connectivity index (χ1v) is 6.50. The van der Waals surface area contributed by atoms with Crippen molar-refractivity contribution in [1.29, 1.82) is 0 Å². The van der Waals surface area contributed by atoms with Gasteiger partial charge in [-0.3, -0.25) is 0 Å². The summed E-state index contributed by atoms with van der Waals surface area (Å²) in [7, 11) is -3.07. The van der Waals surface area contributed by atoms with E-state index in [1.165, 1.54) is 6.26 Å². The molecule has 6 heteroatoms. The number of halogens is 1. The second-order valence-corrected chi connectivity index (χ2v) is 5.73. The lowest BCUT2D eigenvalue weighted by Crippen LogP contribution is -2.51. The summed E-state index contributed by atoms with van der Waals surface area (Å²) in [6, 6.07) is -0.0706. The lowest BCUT2D eigenvalue weighted by molar-refractivity contribution is 0.228. The molecule has 0 amide bonds. The lowest BCUT2D eigenvalue weighted by Gasteiger charge is -2.35. The Morgan fingerprint density at radius 3 is 2.36 bits per heavy atom. The minimum atomic E-state index is -3.07. The summed E-state index contributed by atoms with van der Waals surface area (Å²) in [4.78, 5) is 0. The standard InChI is InChI=1S/C8H18N2O2S.ClH/c1-7(9)8-5-3-4-6-10(8)13(2,11)12;/h7-8H,3-6,9H2,1-2H3;1H. The molecule has 0 bridgehead atoms. The van der Waals surface area contributed by atoms with Crippen molar-refractivity contribution in [1.82, 2.24) is 4.31 Å². The SMILES string of the molecule is CC(N)C1CCCCN1S(C)(=O)=O.Cl.